The largest absolute Gasteiger partial charge is 0.465 e. The summed E-state index contributed by atoms with van der Waals surface area (Å²) in [6.45, 7) is 3.54. The summed E-state index contributed by atoms with van der Waals surface area (Å²) >= 11 is 0. The number of carboxylic acid groups (broad SMARTS) is 1. The lowest BCUT2D eigenvalue weighted by Crippen LogP contribution is -2.41. The van der Waals surface area contributed by atoms with Crippen molar-refractivity contribution < 1.29 is 28.6 Å². The van der Waals surface area contributed by atoms with Gasteiger partial charge in [-0.3, -0.25) is 9.36 Å². The molecule has 1 aliphatic heterocycles. The van der Waals surface area contributed by atoms with E-state index in [4.69, 9.17) is 13.9 Å². The summed E-state index contributed by atoms with van der Waals surface area (Å²) in [6, 6.07) is 7.38. The van der Waals surface area contributed by atoms with Crippen LogP contribution in [0.25, 0.3) is 22.2 Å². The third-order valence-electron chi connectivity index (χ3n) is 5.02. The zero-order valence-electron chi connectivity index (χ0n) is 16.5. The fourth-order valence-electron chi connectivity index (χ4n) is 3.61. The molecule has 0 radical (unpaired) electrons. The van der Waals surface area contributed by atoms with Crippen LogP contribution < -0.4 is 10.3 Å². The molecule has 0 aliphatic carbocycles. The minimum atomic E-state index is -1.20. The third kappa shape index (κ3) is 3.43. The lowest BCUT2D eigenvalue weighted by molar-refractivity contribution is 0.0517. The number of hydrogen-bond donors (Lipinski definition) is 1. The van der Waals surface area contributed by atoms with Crippen LogP contribution in [0.3, 0.4) is 0 Å². The monoisotopic (exact) mass is 412 g/mol. The Labute approximate surface area is 171 Å². The second-order valence-corrected chi connectivity index (χ2v) is 7.01. The fraction of sp³-hybridized carbons (Fsp3) is 0.286. The molecule has 0 saturated carbocycles. The van der Waals surface area contributed by atoms with Crippen molar-refractivity contribution in [2.45, 2.75) is 13.0 Å². The summed E-state index contributed by atoms with van der Waals surface area (Å²) < 4.78 is 17.4. The van der Waals surface area contributed by atoms with Gasteiger partial charge in [-0.05, 0) is 31.2 Å². The first-order valence-electron chi connectivity index (χ1n) is 9.37. The van der Waals surface area contributed by atoms with E-state index in [-0.39, 0.29) is 33.8 Å². The Morgan fingerprint density at radius 2 is 2.07 bits per heavy atom. The summed E-state index contributed by atoms with van der Waals surface area (Å²) in [7, 11) is 1.23. The SMILES string of the molecule is COC(=O)c1cc(-c2cccn2C(=O)O)c2oc(N3CCOC(C)C3)cc(=O)c2c1. The Bertz CT molecular complexity index is 1190. The fourth-order valence-corrected chi connectivity index (χ4v) is 3.61. The summed E-state index contributed by atoms with van der Waals surface area (Å²) in [6.07, 6.45) is 0.150. The van der Waals surface area contributed by atoms with Crippen LogP contribution in [0.1, 0.15) is 17.3 Å². The molecule has 9 heteroatoms. The molecule has 0 spiro atoms. The van der Waals surface area contributed by atoms with Gasteiger partial charge in [-0.25, -0.2) is 9.59 Å². The number of ether oxygens (including phenoxy) is 2. The van der Waals surface area contributed by atoms with Crippen LogP contribution in [0.5, 0.6) is 0 Å². The Kier molecular flexibility index (Phi) is 5.04. The highest BCUT2D eigenvalue weighted by Gasteiger charge is 2.23. The Morgan fingerprint density at radius 1 is 1.27 bits per heavy atom. The summed E-state index contributed by atoms with van der Waals surface area (Å²) in [5.74, 6) is -0.278. The maximum atomic E-state index is 12.9. The number of rotatable bonds is 3. The Morgan fingerprint density at radius 3 is 2.77 bits per heavy atom. The zero-order chi connectivity index (χ0) is 21.4. The van der Waals surface area contributed by atoms with Crippen molar-refractivity contribution in [1.29, 1.82) is 0 Å². The molecule has 1 aromatic carbocycles. The van der Waals surface area contributed by atoms with Gasteiger partial charge in [0.2, 0.25) is 0 Å². The molecule has 1 aliphatic rings. The molecule has 0 bridgehead atoms. The van der Waals surface area contributed by atoms with Gasteiger partial charge < -0.3 is 23.9 Å². The highest BCUT2D eigenvalue weighted by atomic mass is 16.5. The zero-order valence-corrected chi connectivity index (χ0v) is 16.5. The number of nitrogens with zero attached hydrogens (tertiary/aromatic N) is 2. The average Bonchev–Trinajstić information content (AvgIpc) is 3.22. The molecular weight excluding hydrogens is 392 g/mol. The topological polar surface area (TPSA) is 111 Å². The molecule has 1 fully saturated rings. The number of carbonyl (C=O) groups excluding carboxylic acids is 1. The highest BCUT2D eigenvalue weighted by Crippen LogP contribution is 2.32. The lowest BCUT2D eigenvalue weighted by Gasteiger charge is -2.31. The van der Waals surface area contributed by atoms with Gasteiger partial charge in [0.15, 0.2) is 11.3 Å². The standard InChI is InChI=1S/C21H20N2O7/c1-12-11-22(6-7-29-12)18-10-17(24)15-9-13(20(25)28-2)8-14(19(15)30-18)16-4-3-5-23(16)21(26)27/h3-5,8-10,12H,6-7,11H2,1-2H3,(H,26,27). The number of methoxy groups -OCH3 is 1. The van der Waals surface area contributed by atoms with Crippen LogP contribution in [0.15, 0.2) is 45.7 Å². The molecule has 9 nitrogen and oxygen atoms in total. The van der Waals surface area contributed by atoms with Crippen molar-refractivity contribution in [2.24, 2.45) is 0 Å². The second kappa shape index (κ2) is 7.68. The van der Waals surface area contributed by atoms with E-state index >= 15 is 0 Å². The van der Waals surface area contributed by atoms with E-state index in [1.165, 1.54) is 31.5 Å². The molecule has 3 aromatic rings. The van der Waals surface area contributed by atoms with Gasteiger partial charge in [-0.15, -0.1) is 0 Å². The molecule has 3 heterocycles. The van der Waals surface area contributed by atoms with Crippen molar-refractivity contribution in [3.8, 4) is 11.3 Å². The Balaban J connectivity index is 1.98. The van der Waals surface area contributed by atoms with E-state index in [9.17, 15) is 19.5 Å². The van der Waals surface area contributed by atoms with Gasteiger partial charge in [0, 0.05) is 30.9 Å². The van der Waals surface area contributed by atoms with Gasteiger partial charge in [-0.1, -0.05) is 0 Å². The van der Waals surface area contributed by atoms with Gasteiger partial charge in [0.1, 0.15) is 5.58 Å². The van der Waals surface area contributed by atoms with Crippen molar-refractivity contribution in [3.63, 3.8) is 0 Å². The minimum Gasteiger partial charge on any atom is -0.465 e. The summed E-state index contributed by atoms with van der Waals surface area (Å²) in [5.41, 5.74) is 0.559. The Hall–Kier alpha value is -3.59. The maximum absolute atomic E-state index is 12.9. The second-order valence-electron chi connectivity index (χ2n) is 7.01. The van der Waals surface area contributed by atoms with Crippen LogP contribution in [0.2, 0.25) is 0 Å². The van der Waals surface area contributed by atoms with E-state index in [1.54, 1.807) is 12.1 Å². The number of aromatic nitrogens is 1. The first kappa shape index (κ1) is 19.7. The molecule has 1 unspecified atom stereocenters. The van der Waals surface area contributed by atoms with Crippen LogP contribution in [0.4, 0.5) is 10.7 Å². The third-order valence-corrected chi connectivity index (χ3v) is 5.02. The quantitative estimate of drug-likeness (QED) is 0.654. The first-order valence-corrected chi connectivity index (χ1v) is 9.37. The van der Waals surface area contributed by atoms with E-state index in [2.05, 4.69) is 0 Å². The van der Waals surface area contributed by atoms with Gasteiger partial charge in [0.25, 0.3) is 0 Å². The minimum absolute atomic E-state index is 0.0230. The molecule has 0 amide bonds. The highest BCUT2D eigenvalue weighted by molar-refractivity contribution is 6.01. The van der Waals surface area contributed by atoms with Crippen molar-refractivity contribution in [1.82, 2.24) is 4.57 Å². The molecule has 4 rings (SSSR count). The van der Waals surface area contributed by atoms with E-state index in [0.29, 0.717) is 31.1 Å². The molecule has 156 valence electrons. The predicted octanol–water partition coefficient (Wildman–Crippen LogP) is 2.80. The van der Waals surface area contributed by atoms with E-state index in [1.807, 2.05) is 11.8 Å². The average molecular weight is 412 g/mol. The molecule has 1 saturated heterocycles. The molecule has 1 N–H and O–H groups in total. The van der Waals surface area contributed by atoms with Crippen molar-refractivity contribution in [2.75, 3.05) is 31.7 Å². The maximum Gasteiger partial charge on any atom is 0.416 e. The van der Waals surface area contributed by atoms with Crippen molar-refractivity contribution >= 4 is 28.9 Å². The molecule has 1 atom stereocenters. The molecule has 30 heavy (non-hydrogen) atoms. The number of anilines is 1. The molecular formula is C21H20N2O7. The van der Waals surface area contributed by atoms with Gasteiger partial charge in [0.05, 0.1) is 36.5 Å². The number of morpholine rings is 1. The number of carbonyl (C=O) groups is 2. The lowest BCUT2D eigenvalue weighted by atomic mass is 10.0. The number of esters is 1. The van der Waals surface area contributed by atoms with Crippen LogP contribution >= 0.6 is 0 Å². The normalized spacial score (nSPS) is 16.6. The predicted molar refractivity (Wildman–Crippen MR) is 108 cm³/mol. The molecule has 2 aromatic heterocycles. The van der Waals surface area contributed by atoms with E-state index in [0.717, 1.165) is 4.57 Å². The van der Waals surface area contributed by atoms with E-state index < -0.39 is 12.1 Å². The van der Waals surface area contributed by atoms with Crippen molar-refractivity contribution in [3.05, 3.63) is 52.3 Å². The number of hydrogen-bond acceptors (Lipinski definition) is 7. The van der Waals surface area contributed by atoms with Crippen LogP contribution in [0, 0.1) is 0 Å². The van der Waals surface area contributed by atoms with Crippen LogP contribution in [-0.4, -0.2) is 54.6 Å². The number of benzene rings is 1. The van der Waals surface area contributed by atoms with Crippen LogP contribution in [-0.2, 0) is 9.47 Å². The first-order chi connectivity index (χ1) is 14.4. The summed E-state index contributed by atoms with van der Waals surface area (Å²) in [5, 5.41) is 9.67. The smallest absolute Gasteiger partial charge is 0.416 e. The number of fused-ring (bicyclic) bond motifs is 1. The van der Waals surface area contributed by atoms with Gasteiger partial charge in [-0.2, -0.15) is 0 Å². The summed E-state index contributed by atoms with van der Waals surface area (Å²) in [4.78, 5) is 38.6. The van der Waals surface area contributed by atoms with Gasteiger partial charge >= 0.3 is 12.1 Å².